The Balaban J connectivity index is 2.57. The second-order valence-electron chi connectivity index (χ2n) is 5.23. The summed E-state index contributed by atoms with van der Waals surface area (Å²) in [5.74, 6) is 0.287. The van der Waals surface area contributed by atoms with Gasteiger partial charge in [0.2, 0.25) is 5.91 Å². The van der Waals surface area contributed by atoms with E-state index in [2.05, 4.69) is 5.32 Å². The summed E-state index contributed by atoms with van der Waals surface area (Å²) in [5, 5.41) is 3.69. The molecule has 1 unspecified atom stereocenters. The molecule has 0 heterocycles. The first kappa shape index (κ1) is 15.3. The lowest BCUT2D eigenvalue weighted by Gasteiger charge is -2.23. The van der Waals surface area contributed by atoms with E-state index >= 15 is 0 Å². The average Bonchev–Trinajstić information content (AvgIpc) is 2.28. The van der Waals surface area contributed by atoms with E-state index in [0.29, 0.717) is 10.9 Å². The van der Waals surface area contributed by atoms with Crippen LogP contribution in [0.3, 0.4) is 0 Å². The van der Waals surface area contributed by atoms with Crippen molar-refractivity contribution in [3.8, 4) is 0 Å². The number of rotatable bonds is 5. The summed E-state index contributed by atoms with van der Waals surface area (Å²) in [5.41, 5.74) is 0.573. The van der Waals surface area contributed by atoms with E-state index in [1.165, 1.54) is 0 Å². The van der Waals surface area contributed by atoms with Gasteiger partial charge in [0.15, 0.2) is 0 Å². The molecule has 0 aliphatic rings. The number of halogens is 2. The third kappa shape index (κ3) is 4.51. The number of alkyl halides is 1. The van der Waals surface area contributed by atoms with Gasteiger partial charge in [-0.25, -0.2) is 0 Å². The van der Waals surface area contributed by atoms with Crippen molar-refractivity contribution in [2.24, 2.45) is 5.41 Å². The average molecular weight is 288 g/mol. The van der Waals surface area contributed by atoms with Crippen LogP contribution in [-0.2, 0) is 11.2 Å². The second kappa shape index (κ2) is 6.44. The molecule has 0 saturated carbocycles. The Morgan fingerprint density at radius 2 is 2.11 bits per heavy atom. The molecule has 1 rings (SSSR count). The zero-order valence-electron chi connectivity index (χ0n) is 11.0. The van der Waals surface area contributed by atoms with Gasteiger partial charge < -0.3 is 5.32 Å². The van der Waals surface area contributed by atoms with Gasteiger partial charge in [0.1, 0.15) is 0 Å². The van der Waals surface area contributed by atoms with E-state index in [1.54, 1.807) is 0 Å². The second-order valence-corrected chi connectivity index (χ2v) is 5.93. The minimum Gasteiger partial charge on any atom is -0.353 e. The lowest BCUT2D eigenvalue weighted by atomic mass is 9.94. The molecule has 1 N–H and O–H groups in total. The van der Waals surface area contributed by atoms with Gasteiger partial charge in [0.05, 0.1) is 5.41 Å². The summed E-state index contributed by atoms with van der Waals surface area (Å²) in [7, 11) is 0. The minimum absolute atomic E-state index is 0.0213. The van der Waals surface area contributed by atoms with Crippen LogP contribution < -0.4 is 5.32 Å². The fourth-order valence-corrected chi connectivity index (χ4v) is 1.88. The number of carbonyl (C=O) groups is 1. The lowest BCUT2D eigenvalue weighted by Crippen LogP contribution is -2.43. The molecule has 0 radical (unpaired) electrons. The van der Waals surface area contributed by atoms with Gasteiger partial charge in [-0.05, 0) is 44.9 Å². The third-order valence-corrected chi connectivity index (χ3v) is 3.66. The molecule has 0 bridgehead atoms. The quantitative estimate of drug-likeness (QED) is 0.823. The van der Waals surface area contributed by atoms with Crippen molar-refractivity contribution in [3.05, 3.63) is 34.9 Å². The third-order valence-electron chi connectivity index (χ3n) is 2.76. The van der Waals surface area contributed by atoms with Gasteiger partial charge in [-0.2, -0.15) is 0 Å². The Labute approximate surface area is 119 Å². The molecular formula is C14H19Cl2NO. The topological polar surface area (TPSA) is 29.1 Å². The summed E-state index contributed by atoms with van der Waals surface area (Å²) < 4.78 is 0. The van der Waals surface area contributed by atoms with Gasteiger partial charge in [-0.1, -0.05) is 23.7 Å². The molecule has 1 aromatic rings. The van der Waals surface area contributed by atoms with Crippen molar-refractivity contribution in [2.45, 2.75) is 33.2 Å². The van der Waals surface area contributed by atoms with Crippen LogP contribution in [0.1, 0.15) is 26.3 Å². The zero-order valence-corrected chi connectivity index (χ0v) is 12.5. The molecule has 0 fully saturated rings. The predicted molar refractivity (Wildman–Crippen MR) is 77.3 cm³/mol. The number of carbonyl (C=O) groups excluding carboxylic acids is 1. The maximum absolute atomic E-state index is 11.9. The van der Waals surface area contributed by atoms with Crippen molar-refractivity contribution in [3.63, 3.8) is 0 Å². The van der Waals surface area contributed by atoms with Gasteiger partial charge in [0.25, 0.3) is 0 Å². The summed E-state index contributed by atoms with van der Waals surface area (Å²) in [6.45, 7) is 5.64. The molecule has 18 heavy (non-hydrogen) atoms. The number of nitrogens with one attached hydrogen (secondary N) is 1. The van der Waals surface area contributed by atoms with Gasteiger partial charge in [0, 0.05) is 16.9 Å². The fourth-order valence-electron chi connectivity index (χ4n) is 1.55. The number of hydrogen-bond donors (Lipinski definition) is 1. The van der Waals surface area contributed by atoms with Crippen molar-refractivity contribution >= 4 is 29.1 Å². The Morgan fingerprint density at radius 3 is 2.67 bits per heavy atom. The van der Waals surface area contributed by atoms with Crippen molar-refractivity contribution in [1.82, 2.24) is 5.32 Å². The first-order valence-corrected chi connectivity index (χ1v) is 6.88. The lowest BCUT2D eigenvalue weighted by molar-refractivity contribution is -0.128. The smallest absolute Gasteiger partial charge is 0.227 e. The highest BCUT2D eigenvalue weighted by molar-refractivity contribution is 6.30. The molecule has 1 atom stereocenters. The number of hydrogen-bond acceptors (Lipinski definition) is 1. The van der Waals surface area contributed by atoms with Crippen LogP contribution in [0.2, 0.25) is 5.02 Å². The first-order valence-electron chi connectivity index (χ1n) is 5.96. The number of benzene rings is 1. The molecule has 4 heteroatoms. The zero-order chi connectivity index (χ0) is 13.8. The van der Waals surface area contributed by atoms with Crippen LogP contribution in [0, 0.1) is 5.41 Å². The van der Waals surface area contributed by atoms with Crippen LogP contribution in [0.4, 0.5) is 0 Å². The molecule has 0 saturated heterocycles. The summed E-state index contributed by atoms with van der Waals surface area (Å²) in [4.78, 5) is 11.9. The monoisotopic (exact) mass is 287 g/mol. The van der Waals surface area contributed by atoms with Crippen LogP contribution >= 0.6 is 23.2 Å². The van der Waals surface area contributed by atoms with Gasteiger partial charge >= 0.3 is 0 Å². The first-order chi connectivity index (χ1) is 8.35. The highest BCUT2D eigenvalue weighted by atomic mass is 35.5. The normalized spacial score (nSPS) is 13.2. The van der Waals surface area contributed by atoms with Crippen LogP contribution in [-0.4, -0.2) is 17.8 Å². The molecule has 1 amide bonds. The molecule has 100 valence electrons. The molecule has 2 nitrogen and oxygen atoms in total. The van der Waals surface area contributed by atoms with E-state index in [9.17, 15) is 4.79 Å². The van der Waals surface area contributed by atoms with Crippen molar-refractivity contribution < 1.29 is 4.79 Å². The molecule has 1 aromatic carbocycles. The molecule has 0 aliphatic heterocycles. The SMILES string of the molecule is CC(Cc1cccc(Cl)c1)NC(=O)C(C)(C)CCl. The summed E-state index contributed by atoms with van der Waals surface area (Å²) >= 11 is 11.7. The van der Waals surface area contributed by atoms with Crippen molar-refractivity contribution in [2.75, 3.05) is 5.88 Å². The maximum Gasteiger partial charge on any atom is 0.227 e. The van der Waals surface area contributed by atoms with E-state index in [4.69, 9.17) is 23.2 Å². The Kier molecular flexibility index (Phi) is 5.48. The van der Waals surface area contributed by atoms with Crippen LogP contribution in [0.5, 0.6) is 0 Å². The van der Waals surface area contributed by atoms with E-state index in [0.717, 1.165) is 12.0 Å². The number of amides is 1. The maximum atomic E-state index is 11.9. The Hall–Kier alpha value is -0.730. The largest absolute Gasteiger partial charge is 0.353 e. The minimum atomic E-state index is -0.538. The van der Waals surface area contributed by atoms with E-state index in [-0.39, 0.29) is 11.9 Å². The van der Waals surface area contributed by atoms with Gasteiger partial charge in [-0.15, -0.1) is 11.6 Å². The molecular weight excluding hydrogens is 269 g/mol. The van der Waals surface area contributed by atoms with Crippen LogP contribution in [0.15, 0.2) is 24.3 Å². The highest BCUT2D eigenvalue weighted by Crippen LogP contribution is 2.18. The standard InChI is InChI=1S/C14H19Cl2NO/c1-10(17-13(18)14(2,3)9-15)7-11-5-4-6-12(16)8-11/h4-6,8,10H,7,9H2,1-3H3,(H,17,18). The Morgan fingerprint density at radius 1 is 1.44 bits per heavy atom. The fraction of sp³-hybridized carbons (Fsp3) is 0.500. The van der Waals surface area contributed by atoms with E-state index in [1.807, 2.05) is 45.0 Å². The van der Waals surface area contributed by atoms with E-state index < -0.39 is 5.41 Å². The summed E-state index contributed by atoms with van der Waals surface area (Å²) in [6, 6.07) is 7.72. The van der Waals surface area contributed by atoms with Crippen LogP contribution in [0.25, 0.3) is 0 Å². The Bertz CT molecular complexity index is 418. The van der Waals surface area contributed by atoms with Crippen molar-refractivity contribution in [1.29, 1.82) is 0 Å². The molecule has 0 aliphatic carbocycles. The highest BCUT2D eigenvalue weighted by Gasteiger charge is 2.27. The molecule has 0 spiro atoms. The molecule has 0 aromatic heterocycles. The summed E-state index contributed by atoms with van der Waals surface area (Å²) in [6.07, 6.45) is 0.755. The predicted octanol–water partition coefficient (Wildman–Crippen LogP) is 3.65. The van der Waals surface area contributed by atoms with Gasteiger partial charge in [-0.3, -0.25) is 4.79 Å².